The van der Waals surface area contributed by atoms with Crippen molar-refractivity contribution in [3.8, 4) is 0 Å². The van der Waals surface area contributed by atoms with Gasteiger partial charge >= 0.3 is 0 Å². The van der Waals surface area contributed by atoms with Crippen molar-refractivity contribution in [2.24, 2.45) is 0 Å². The molecule has 0 aromatic carbocycles. The first kappa shape index (κ1) is 10.9. The second-order valence-corrected chi connectivity index (χ2v) is 3.67. The fourth-order valence-electron chi connectivity index (χ4n) is 1.65. The summed E-state index contributed by atoms with van der Waals surface area (Å²) in [5.41, 5.74) is -0.571. The van der Waals surface area contributed by atoms with E-state index in [1.807, 2.05) is 13.8 Å². The predicted octanol–water partition coefficient (Wildman–Crippen LogP) is 0.534. The SMILES string of the molecule is CO[C@@H]1C[C@@](C)(OC)[C@@H](O)[C@H](C)O1. The molecular formula is C9H18O4. The minimum atomic E-state index is -0.608. The molecule has 0 spiro atoms. The van der Waals surface area contributed by atoms with Gasteiger partial charge in [0.2, 0.25) is 0 Å². The average molecular weight is 190 g/mol. The van der Waals surface area contributed by atoms with E-state index in [1.165, 1.54) is 0 Å². The Morgan fingerprint density at radius 3 is 2.54 bits per heavy atom. The summed E-state index contributed by atoms with van der Waals surface area (Å²) < 4.78 is 15.8. The third-order valence-electron chi connectivity index (χ3n) is 2.74. The highest BCUT2D eigenvalue weighted by atomic mass is 16.7. The number of rotatable bonds is 2. The standard InChI is InChI=1S/C9H18O4/c1-6-8(10)9(2,12-4)5-7(11-3)13-6/h6-8,10H,5H2,1-4H3/t6-,7-,8-,9+/m0/s1. The summed E-state index contributed by atoms with van der Waals surface area (Å²) in [6.45, 7) is 3.68. The van der Waals surface area contributed by atoms with Crippen LogP contribution >= 0.6 is 0 Å². The zero-order valence-corrected chi connectivity index (χ0v) is 8.61. The van der Waals surface area contributed by atoms with Crippen LogP contribution < -0.4 is 0 Å². The lowest BCUT2D eigenvalue weighted by Crippen LogP contribution is -2.56. The number of hydrogen-bond donors (Lipinski definition) is 1. The van der Waals surface area contributed by atoms with Gasteiger partial charge < -0.3 is 19.3 Å². The van der Waals surface area contributed by atoms with Crippen molar-refractivity contribution in [2.75, 3.05) is 14.2 Å². The molecule has 0 saturated carbocycles. The Morgan fingerprint density at radius 2 is 2.08 bits per heavy atom. The molecule has 0 radical (unpaired) electrons. The van der Waals surface area contributed by atoms with E-state index < -0.39 is 11.7 Å². The number of aliphatic hydroxyl groups excluding tert-OH is 1. The molecule has 0 aliphatic carbocycles. The van der Waals surface area contributed by atoms with Crippen LogP contribution in [0.1, 0.15) is 20.3 Å². The van der Waals surface area contributed by atoms with Gasteiger partial charge in [-0.25, -0.2) is 0 Å². The first-order valence-electron chi connectivity index (χ1n) is 4.45. The van der Waals surface area contributed by atoms with E-state index in [4.69, 9.17) is 14.2 Å². The normalized spacial score (nSPS) is 46.4. The maximum absolute atomic E-state index is 9.80. The molecule has 4 nitrogen and oxygen atoms in total. The van der Waals surface area contributed by atoms with E-state index in [2.05, 4.69) is 0 Å². The summed E-state index contributed by atoms with van der Waals surface area (Å²) in [6, 6.07) is 0. The van der Waals surface area contributed by atoms with Gasteiger partial charge in [0.1, 0.15) is 6.10 Å². The highest BCUT2D eigenvalue weighted by Gasteiger charge is 2.44. The molecule has 1 saturated heterocycles. The summed E-state index contributed by atoms with van der Waals surface area (Å²) in [5, 5.41) is 9.80. The summed E-state index contributed by atoms with van der Waals surface area (Å²) >= 11 is 0. The van der Waals surface area contributed by atoms with Gasteiger partial charge in [-0.05, 0) is 13.8 Å². The fraction of sp³-hybridized carbons (Fsp3) is 1.00. The smallest absolute Gasteiger partial charge is 0.160 e. The molecule has 1 N–H and O–H groups in total. The molecule has 1 aliphatic rings. The van der Waals surface area contributed by atoms with Crippen LogP contribution in [0.2, 0.25) is 0 Å². The summed E-state index contributed by atoms with van der Waals surface area (Å²) in [4.78, 5) is 0. The molecular weight excluding hydrogens is 172 g/mol. The third-order valence-corrected chi connectivity index (χ3v) is 2.74. The van der Waals surface area contributed by atoms with Gasteiger partial charge in [0.25, 0.3) is 0 Å². The fourth-order valence-corrected chi connectivity index (χ4v) is 1.65. The molecule has 0 aromatic rings. The van der Waals surface area contributed by atoms with E-state index in [9.17, 15) is 5.11 Å². The van der Waals surface area contributed by atoms with Gasteiger partial charge in [0.15, 0.2) is 6.29 Å². The van der Waals surface area contributed by atoms with E-state index in [-0.39, 0.29) is 12.4 Å². The van der Waals surface area contributed by atoms with Crippen LogP contribution in [0.4, 0.5) is 0 Å². The largest absolute Gasteiger partial charge is 0.387 e. The lowest BCUT2D eigenvalue weighted by Gasteiger charge is -2.43. The van der Waals surface area contributed by atoms with Crippen molar-refractivity contribution in [3.63, 3.8) is 0 Å². The maximum atomic E-state index is 9.80. The Bertz CT molecular complexity index is 173. The molecule has 1 fully saturated rings. The minimum Gasteiger partial charge on any atom is -0.387 e. The van der Waals surface area contributed by atoms with Crippen LogP contribution in [0.25, 0.3) is 0 Å². The topological polar surface area (TPSA) is 47.9 Å². The summed E-state index contributed by atoms with van der Waals surface area (Å²) in [6.07, 6.45) is -0.609. The number of ether oxygens (including phenoxy) is 3. The molecule has 13 heavy (non-hydrogen) atoms. The molecule has 78 valence electrons. The minimum absolute atomic E-state index is 0.261. The number of hydrogen-bond acceptors (Lipinski definition) is 4. The van der Waals surface area contributed by atoms with Crippen molar-refractivity contribution in [1.82, 2.24) is 0 Å². The summed E-state index contributed by atoms with van der Waals surface area (Å²) in [7, 11) is 3.18. The third kappa shape index (κ3) is 2.02. The molecule has 0 aromatic heterocycles. The highest BCUT2D eigenvalue weighted by Crippen LogP contribution is 2.31. The van der Waals surface area contributed by atoms with E-state index in [0.717, 1.165) is 0 Å². The Morgan fingerprint density at radius 1 is 1.46 bits per heavy atom. The van der Waals surface area contributed by atoms with Crippen molar-refractivity contribution < 1.29 is 19.3 Å². The maximum Gasteiger partial charge on any atom is 0.160 e. The van der Waals surface area contributed by atoms with Gasteiger partial charge in [-0.15, -0.1) is 0 Å². The first-order chi connectivity index (χ1) is 6.03. The molecule has 4 heteroatoms. The Hall–Kier alpha value is -0.160. The number of aliphatic hydroxyl groups is 1. The van der Waals surface area contributed by atoms with Crippen LogP contribution in [-0.2, 0) is 14.2 Å². The quantitative estimate of drug-likeness (QED) is 0.690. The van der Waals surface area contributed by atoms with E-state index in [1.54, 1.807) is 14.2 Å². The van der Waals surface area contributed by atoms with Gasteiger partial charge in [0, 0.05) is 20.6 Å². The lowest BCUT2D eigenvalue weighted by molar-refractivity contribution is -0.271. The zero-order valence-electron chi connectivity index (χ0n) is 8.61. The molecule has 1 heterocycles. The Labute approximate surface area is 78.8 Å². The zero-order chi connectivity index (χ0) is 10.1. The molecule has 0 unspecified atom stereocenters. The molecule has 0 amide bonds. The second-order valence-electron chi connectivity index (χ2n) is 3.67. The van der Waals surface area contributed by atoms with Crippen LogP contribution in [-0.4, -0.2) is 43.4 Å². The van der Waals surface area contributed by atoms with Crippen LogP contribution in [0, 0.1) is 0 Å². The van der Waals surface area contributed by atoms with Crippen LogP contribution in [0.15, 0.2) is 0 Å². The highest BCUT2D eigenvalue weighted by molar-refractivity contribution is 4.92. The van der Waals surface area contributed by atoms with Crippen LogP contribution in [0.3, 0.4) is 0 Å². The van der Waals surface area contributed by atoms with Crippen molar-refractivity contribution in [1.29, 1.82) is 0 Å². The molecule has 1 rings (SSSR count). The van der Waals surface area contributed by atoms with E-state index >= 15 is 0 Å². The predicted molar refractivity (Wildman–Crippen MR) is 47.4 cm³/mol. The first-order valence-corrected chi connectivity index (χ1v) is 4.45. The Balaban J connectivity index is 2.71. The molecule has 1 aliphatic heterocycles. The second kappa shape index (κ2) is 3.92. The molecule has 0 bridgehead atoms. The van der Waals surface area contributed by atoms with Crippen molar-refractivity contribution in [2.45, 2.75) is 44.4 Å². The summed E-state index contributed by atoms with van der Waals surface area (Å²) in [5.74, 6) is 0. The van der Waals surface area contributed by atoms with Crippen molar-refractivity contribution in [3.05, 3.63) is 0 Å². The van der Waals surface area contributed by atoms with Gasteiger partial charge in [0.05, 0.1) is 11.7 Å². The van der Waals surface area contributed by atoms with Gasteiger partial charge in [-0.1, -0.05) is 0 Å². The van der Waals surface area contributed by atoms with E-state index in [0.29, 0.717) is 6.42 Å². The number of methoxy groups -OCH3 is 2. The average Bonchev–Trinajstić information content (AvgIpc) is 2.13. The van der Waals surface area contributed by atoms with Gasteiger partial charge in [-0.2, -0.15) is 0 Å². The van der Waals surface area contributed by atoms with Crippen LogP contribution in [0.5, 0.6) is 0 Å². The Kier molecular flexibility index (Phi) is 3.29. The lowest BCUT2D eigenvalue weighted by atomic mass is 9.88. The molecule has 4 atom stereocenters. The van der Waals surface area contributed by atoms with Crippen molar-refractivity contribution >= 4 is 0 Å². The van der Waals surface area contributed by atoms with Gasteiger partial charge in [-0.3, -0.25) is 0 Å². The monoisotopic (exact) mass is 190 g/mol.